The molecule has 4 nitrogen and oxygen atoms in total. The van der Waals surface area contributed by atoms with Gasteiger partial charge in [0.25, 0.3) is 0 Å². The molecule has 19 heavy (non-hydrogen) atoms. The predicted molar refractivity (Wildman–Crippen MR) is 68.4 cm³/mol. The molecule has 1 rings (SSSR count). The average Bonchev–Trinajstić information content (AvgIpc) is 2.34. The summed E-state index contributed by atoms with van der Waals surface area (Å²) in [6.45, 7) is 3.79. The zero-order valence-electron chi connectivity index (χ0n) is 11.0. The van der Waals surface area contributed by atoms with Crippen molar-refractivity contribution in [2.75, 3.05) is 11.9 Å². The van der Waals surface area contributed by atoms with Gasteiger partial charge >= 0.3 is 6.18 Å². The van der Waals surface area contributed by atoms with Gasteiger partial charge in [-0.1, -0.05) is 6.92 Å². The first-order valence-electron chi connectivity index (χ1n) is 5.84. The number of pyridine rings is 1. The number of rotatable bonds is 4. The van der Waals surface area contributed by atoms with Gasteiger partial charge in [0.15, 0.2) is 0 Å². The quantitative estimate of drug-likeness (QED) is 0.655. The molecule has 1 atom stereocenters. The van der Waals surface area contributed by atoms with Crippen LogP contribution in [0.4, 0.5) is 19.0 Å². The normalized spacial score (nSPS) is 13.2. The van der Waals surface area contributed by atoms with E-state index in [0.717, 1.165) is 12.5 Å². The maximum absolute atomic E-state index is 12.7. The van der Waals surface area contributed by atoms with Crippen molar-refractivity contribution >= 4 is 11.7 Å². The van der Waals surface area contributed by atoms with E-state index < -0.39 is 11.9 Å². The van der Waals surface area contributed by atoms with Crippen LogP contribution in [-0.2, 0) is 6.18 Å². The first-order chi connectivity index (χ1) is 8.68. The lowest BCUT2D eigenvalue weighted by Crippen LogP contribution is -2.32. The van der Waals surface area contributed by atoms with Gasteiger partial charge in [0.1, 0.15) is 17.3 Å². The third-order valence-electron chi connectivity index (χ3n) is 3.04. The van der Waals surface area contributed by atoms with Crippen molar-refractivity contribution in [1.29, 1.82) is 5.41 Å². The van der Waals surface area contributed by atoms with E-state index in [1.807, 2.05) is 13.8 Å². The van der Waals surface area contributed by atoms with E-state index in [9.17, 15) is 13.2 Å². The lowest BCUT2D eigenvalue weighted by atomic mass is 10.1. The first-order valence-corrected chi connectivity index (χ1v) is 5.84. The molecule has 0 aliphatic carbocycles. The van der Waals surface area contributed by atoms with Crippen LogP contribution in [0.3, 0.4) is 0 Å². The Labute approximate surface area is 109 Å². The van der Waals surface area contributed by atoms with Crippen LogP contribution in [0, 0.1) is 5.41 Å². The summed E-state index contributed by atoms with van der Waals surface area (Å²) in [5.41, 5.74) is 4.61. The number of halogens is 3. The zero-order chi connectivity index (χ0) is 14.8. The van der Waals surface area contributed by atoms with Gasteiger partial charge in [-0.05, 0) is 25.5 Å². The van der Waals surface area contributed by atoms with Crippen molar-refractivity contribution in [3.05, 3.63) is 23.4 Å². The Bertz CT molecular complexity index is 471. The van der Waals surface area contributed by atoms with Gasteiger partial charge in [-0.25, -0.2) is 4.98 Å². The molecule has 0 radical (unpaired) electrons. The van der Waals surface area contributed by atoms with Crippen LogP contribution >= 0.6 is 0 Å². The molecule has 0 aliphatic heterocycles. The Morgan fingerprint density at radius 3 is 2.47 bits per heavy atom. The third kappa shape index (κ3) is 3.36. The number of aromatic nitrogens is 1. The Hall–Kier alpha value is -1.79. The standard InChI is InChI=1S/C12H17F3N4/c1-4-7(2)19(3)11-8(10(16)17)5-6-9(18-11)12(13,14)15/h5-7H,4H2,1-3H3,(H3,16,17). The van der Waals surface area contributed by atoms with Crippen molar-refractivity contribution in [2.45, 2.75) is 32.5 Å². The molecule has 1 aromatic rings. The van der Waals surface area contributed by atoms with E-state index in [-0.39, 0.29) is 23.3 Å². The van der Waals surface area contributed by atoms with Crippen LogP contribution in [0.25, 0.3) is 0 Å². The van der Waals surface area contributed by atoms with Crippen molar-refractivity contribution in [2.24, 2.45) is 5.73 Å². The van der Waals surface area contributed by atoms with Gasteiger partial charge in [0.05, 0.1) is 5.56 Å². The highest BCUT2D eigenvalue weighted by molar-refractivity contribution is 5.99. The number of alkyl halides is 3. The lowest BCUT2D eigenvalue weighted by Gasteiger charge is -2.27. The van der Waals surface area contributed by atoms with E-state index in [1.165, 1.54) is 6.07 Å². The van der Waals surface area contributed by atoms with Gasteiger partial charge in [-0.3, -0.25) is 5.41 Å². The van der Waals surface area contributed by atoms with Crippen LogP contribution < -0.4 is 10.6 Å². The van der Waals surface area contributed by atoms with Gasteiger partial charge in [-0.15, -0.1) is 0 Å². The molecule has 0 fully saturated rings. The highest BCUT2D eigenvalue weighted by atomic mass is 19.4. The van der Waals surface area contributed by atoms with Crippen molar-refractivity contribution < 1.29 is 13.2 Å². The Morgan fingerprint density at radius 1 is 1.47 bits per heavy atom. The van der Waals surface area contributed by atoms with Crippen LogP contribution in [0.2, 0.25) is 0 Å². The summed E-state index contributed by atoms with van der Waals surface area (Å²) < 4.78 is 38.0. The van der Waals surface area contributed by atoms with Crippen LogP contribution in [-0.4, -0.2) is 23.9 Å². The van der Waals surface area contributed by atoms with Crippen molar-refractivity contribution in [3.63, 3.8) is 0 Å². The molecule has 1 aromatic heterocycles. The number of hydrogen-bond donors (Lipinski definition) is 2. The molecule has 0 bridgehead atoms. The lowest BCUT2D eigenvalue weighted by molar-refractivity contribution is -0.141. The second-order valence-corrected chi connectivity index (χ2v) is 4.35. The summed E-state index contributed by atoms with van der Waals surface area (Å²) in [4.78, 5) is 5.22. The van der Waals surface area contributed by atoms with E-state index in [2.05, 4.69) is 4.98 Å². The minimum Gasteiger partial charge on any atom is -0.384 e. The van der Waals surface area contributed by atoms with Crippen molar-refractivity contribution in [3.8, 4) is 0 Å². The molecule has 106 valence electrons. The van der Waals surface area contributed by atoms with E-state index in [4.69, 9.17) is 11.1 Å². The summed E-state index contributed by atoms with van der Waals surface area (Å²) in [7, 11) is 1.64. The fourth-order valence-corrected chi connectivity index (χ4v) is 1.57. The summed E-state index contributed by atoms with van der Waals surface area (Å²) in [6.07, 6.45) is -3.77. The molecule has 0 spiro atoms. The topological polar surface area (TPSA) is 66.0 Å². The molecule has 1 unspecified atom stereocenters. The molecule has 7 heteroatoms. The average molecular weight is 274 g/mol. The molecular formula is C12H17F3N4. The molecule has 0 saturated carbocycles. The smallest absolute Gasteiger partial charge is 0.384 e. The second-order valence-electron chi connectivity index (χ2n) is 4.35. The minimum absolute atomic E-state index is 0.00548. The number of amidine groups is 1. The van der Waals surface area contributed by atoms with E-state index in [1.54, 1.807) is 11.9 Å². The predicted octanol–water partition coefficient (Wildman–Crippen LogP) is 2.62. The molecule has 0 saturated heterocycles. The molecule has 0 aliphatic rings. The number of anilines is 1. The summed E-state index contributed by atoms with van der Waals surface area (Å²) in [5.74, 6) is -0.219. The SMILES string of the molecule is CCC(C)N(C)c1nc(C(F)(F)F)ccc1C(=N)N. The monoisotopic (exact) mass is 274 g/mol. The van der Waals surface area contributed by atoms with Crippen LogP contribution in [0.15, 0.2) is 12.1 Å². The second kappa shape index (κ2) is 5.46. The van der Waals surface area contributed by atoms with Crippen LogP contribution in [0.5, 0.6) is 0 Å². The maximum atomic E-state index is 12.7. The highest BCUT2D eigenvalue weighted by Gasteiger charge is 2.33. The summed E-state index contributed by atoms with van der Waals surface area (Å²) in [5, 5.41) is 7.42. The fraction of sp³-hybridized carbons (Fsp3) is 0.500. The Morgan fingerprint density at radius 2 is 2.05 bits per heavy atom. The van der Waals surface area contributed by atoms with Crippen LogP contribution in [0.1, 0.15) is 31.5 Å². The number of nitrogen functional groups attached to an aromatic ring is 1. The summed E-state index contributed by atoms with van der Waals surface area (Å²) >= 11 is 0. The van der Waals surface area contributed by atoms with Gasteiger partial charge in [0, 0.05) is 13.1 Å². The first kappa shape index (κ1) is 15.3. The van der Waals surface area contributed by atoms with Gasteiger partial charge in [0.2, 0.25) is 0 Å². The maximum Gasteiger partial charge on any atom is 0.433 e. The Balaban J connectivity index is 3.35. The molecule has 1 heterocycles. The number of nitrogens with one attached hydrogen (secondary N) is 1. The number of hydrogen-bond acceptors (Lipinski definition) is 3. The fourth-order valence-electron chi connectivity index (χ4n) is 1.57. The molecule has 0 amide bonds. The Kier molecular flexibility index (Phi) is 4.39. The molecule has 3 N–H and O–H groups in total. The number of nitrogens with zero attached hydrogens (tertiary/aromatic N) is 2. The van der Waals surface area contributed by atoms with Crippen molar-refractivity contribution in [1.82, 2.24) is 4.98 Å². The molecular weight excluding hydrogens is 257 g/mol. The minimum atomic E-state index is -4.51. The number of nitrogens with two attached hydrogens (primary N) is 1. The van der Waals surface area contributed by atoms with Gasteiger partial charge < -0.3 is 10.6 Å². The molecule has 0 aromatic carbocycles. The summed E-state index contributed by atoms with van der Waals surface area (Å²) in [6, 6.07) is 2.02. The highest BCUT2D eigenvalue weighted by Crippen LogP contribution is 2.30. The van der Waals surface area contributed by atoms with E-state index in [0.29, 0.717) is 0 Å². The van der Waals surface area contributed by atoms with Gasteiger partial charge in [-0.2, -0.15) is 13.2 Å². The largest absolute Gasteiger partial charge is 0.433 e. The third-order valence-corrected chi connectivity index (χ3v) is 3.04. The van der Waals surface area contributed by atoms with E-state index >= 15 is 0 Å². The zero-order valence-corrected chi connectivity index (χ0v) is 11.0.